The number of rotatable bonds is 9. The SMILES string of the molecule is Cc1ccc(C)c(N(CC(=O)Nc2ccccc2SCc2ccc(Cl)cc2)S(=O)(=O)c2ccccc2)c1. The van der Waals surface area contributed by atoms with Crippen molar-refractivity contribution in [2.45, 2.75) is 29.4 Å². The number of anilines is 2. The molecule has 1 N–H and O–H groups in total. The van der Waals surface area contributed by atoms with Crippen LogP contribution in [0.5, 0.6) is 0 Å². The number of aryl methyl sites for hydroxylation is 2. The second-order valence-electron chi connectivity index (χ2n) is 8.57. The van der Waals surface area contributed by atoms with Gasteiger partial charge in [0.2, 0.25) is 5.91 Å². The number of halogens is 1. The van der Waals surface area contributed by atoms with Crippen molar-refractivity contribution in [1.82, 2.24) is 0 Å². The third kappa shape index (κ3) is 6.74. The zero-order valence-corrected chi connectivity index (χ0v) is 22.9. The Kier molecular flexibility index (Phi) is 8.59. The van der Waals surface area contributed by atoms with Crippen molar-refractivity contribution in [3.8, 4) is 0 Å². The first-order valence-corrected chi connectivity index (χ1v) is 14.5. The fourth-order valence-corrected chi connectivity index (χ4v) is 6.35. The van der Waals surface area contributed by atoms with Crippen molar-refractivity contribution in [2.24, 2.45) is 0 Å². The van der Waals surface area contributed by atoms with E-state index in [-0.39, 0.29) is 11.4 Å². The molecule has 0 radical (unpaired) electrons. The molecule has 0 atom stereocenters. The quantitative estimate of drug-likeness (QED) is 0.226. The molecule has 0 saturated carbocycles. The van der Waals surface area contributed by atoms with E-state index < -0.39 is 15.9 Å². The molecule has 1 amide bonds. The standard InChI is InChI=1S/C29H27ClN2O3S2/c1-21-12-13-22(2)27(18-21)32(37(34,35)25-8-4-3-5-9-25)19-29(33)31-26-10-6-7-11-28(26)36-20-23-14-16-24(30)17-15-23/h3-18H,19-20H2,1-2H3,(H,31,33). The molecule has 0 aliphatic carbocycles. The lowest BCUT2D eigenvalue weighted by molar-refractivity contribution is -0.114. The van der Waals surface area contributed by atoms with Gasteiger partial charge in [-0.05, 0) is 73.0 Å². The smallest absolute Gasteiger partial charge is 0.264 e. The second-order valence-corrected chi connectivity index (χ2v) is 11.9. The van der Waals surface area contributed by atoms with Gasteiger partial charge in [-0.2, -0.15) is 0 Å². The van der Waals surface area contributed by atoms with Crippen LogP contribution in [0.3, 0.4) is 0 Å². The molecule has 4 rings (SSSR count). The highest BCUT2D eigenvalue weighted by Gasteiger charge is 2.28. The van der Waals surface area contributed by atoms with Crippen LogP contribution in [0, 0.1) is 13.8 Å². The van der Waals surface area contributed by atoms with Gasteiger partial charge in [0.1, 0.15) is 6.54 Å². The van der Waals surface area contributed by atoms with E-state index in [4.69, 9.17) is 11.6 Å². The van der Waals surface area contributed by atoms with Gasteiger partial charge in [-0.15, -0.1) is 11.8 Å². The number of nitrogens with zero attached hydrogens (tertiary/aromatic N) is 1. The molecule has 0 fully saturated rings. The van der Waals surface area contributed by atoms with Gasteiger partial charge in [-0.1, -0.05) is 66.2 Å². The molecule has 0 saturated heterocycles. The molecule has 0 heterocycles. The Morgan fingerprint density at radius 2 is 1.57 bits per heavy atom. The van der Waals surface area contributed by atoms with E-state index in [9.17, 15) is 13.2 Å². The van der Waals surface area contributed by atoms with Crippen molar-refractivity contribution in [1.29, 1.82) is 0 Å². The summed E-state index contributed by atoms with van der Waals surface area (Å²) in [6, 6.07) is 28.8. The number of carbonyl (C=O) groups is 1. The average molecular weight is 551 g/mol. The molecule has 0 unspecified atom stereocenters. The average Bonchev–Trinajstić information content (AvgIpc) is 2.89. The Hall–Kier alpha value is -3.26. The maximum absolute atomic E-state index is 13.7. The van der Waals surface area contributed by atoms with Gasteiger partial charge >= 0.3 is 0 Å². The minimum Gasteiger partial charge on any atom is -0.323 e. The van der Waals surface area contributed by atoms with Gasteiger partial charge in [0.05, 0.1) is 16.3 Å². The van der Waals surface area contributed by atoms with E-state index in [2.05, 4.69) is 5.32 Å². The van der Waals surface area contributed by atoms with Crippen molar-refractivity contribution in [3.05, 3.63) is 119 Å². The number of amides is 1. The van der Waals surface area contributed by atoms with E-state index in [1.807, 2.05) is 74.5 Å². The number of hydrogen-bond donors (Lipinski definition) is 1. The third-order valence-electron chi connectivity index (χ3n) is 5.72. The zero-order chi connectivity index (χ0) is 26.4. The van der Waals surface area contributed by atoms with Gasteiger partial charge in [-0.25, -0.2) is 8.42 Å². The van der Waals surface area contributed by atoms with Crippen molar-refractivity contribution < 1.29 is 13.2 Å². The van der Waals surface area contributed by atoms with Crippen LogP contribution in [-0.4, -0.2) is 20.9 Å². The first-order chi connectivity index (χ1) is 17.7. The molecule has 4 aromatic carbocycles. The predicted molar refractivity (Wildman–Crippen MR) is 153 cm³/mol. The molecule has 5 nitrogen and oxygen atoms in total. The Labute approximate surface area is 227 Å². The first-order valence-electron chi connectivity index (χ1n) is 11.7. The van der Waals surface area contributed by atoms with Gasteiger partial charge in [0.25, 0.3) is 10.0 Å². The molecule has 37 heavy (non-hydrogen) atoms. The zero-order valence-electron chi connectivity index (χ0n) is 20.5. The first kappa shape index (κ1) is 26.8. The number of hydrogen-bond acceptors (Lipinski definition) is 4. The molecule has 8 heteroatoms. The monoisotopic (exact) mass is 550 g/mol. The summed E-state index contributed by atoms with van der Waals surface area (Å²) in [5.74, 6) is 0.265. The summed E-state index contributed by atoms with van der Waals surface area (Å²) in [6.45, 7) is 3.37. The minimum atomic E-state index is -3.98. The molecular formula is C29H27ClN2O3S2. The highest BCUT2D eigenvalue weighted by atomic mass is 35.5. The summed E-state index contributed by atoms with van der Waals surface area (Å²) in [4.78, 5) is 14.3. The Balaban J connectivity index is 1.59. The van der Waals surface area contributed by atoms with E-state index in [1.54, 1.807) is 36.0 Å². The van der Waals surface area contributed by atoms with Crippen LogP contribution < -0.4 is 9.62 Å². The van der Waals surface area contributed by atoms with Crippen LogP contribution in [0.1, 0.15) is 16.7 Å². The molecule has 190 valence electrons. The molecule has 4 aromatic rings. The van der Waals surface area contributed by atoms with Crippen molar-refractivity contribution in [3.63, 3.8) is 0 Å². The van der Waals surface area contributed by atoms with Gasteiger partial charge in [0, 0.05) is 15.7 Å². The summed E-state index contributed by atoms with van der Waals surface area (Å²) < 4.78 is 28.5. The van der Waals surface area contributed by atoms with Gasteiger partial charge in [0.15, 0.2) is 0 Å². The molecule has 0 spiro atoms. The number of carbonyl (C=O) groups excluding carboxylic acids is 1. The summed E-state index contributed by atoms with van der Waals surface area (Å²) in [6.07, 6.45) is 0. The van der Waals surface area contributed by atoms with Crippen LogP contribution in [0.15, 0.2) is 107 Å². The molecular weight excluding hydrogens is 524 g/mol. The van der Waals surface area contributed by atoms with Crippen LogP contribution in [0.2, 0.25) is 5.02 Å². The Morgan fingerprint density at radius 3 is 2.30 bits per heavy atom. The van der Waals surface area contributed by atoms with Crippen molar-refractivity contribution >= 4 is 50.7 Å². The van der Waals surface area contributed by atoms with E-state index in [0.717, 1.165) is 21.6 Å². The molecule has 0 bridgehead atoms. The van der Waals surface area contributed by atoms with E-state index in [1.165, 1.54) is 16.4 Å². The van der Waals surface area contributed by atoms with E-state index in [0.29, 0.717) is 22.2 Å². The lowest BCUT2D eigenvalue weighted by Gasteiger charge is -2.26. The van der Waals surface area contributed by atoms with Gasteiger partial charge in [-0.3, -0.25) is 9.10 Å². The summed E-state index contributed by atoms with van der Waals surface area (Å²) in [7, 11) is -3.98. The highest BCUT2D eigenvalue weighted by Crippen LogP contribution is 2.31. The number of benzene rings is 4. The van der Waals surface area contributed by atoms with Crippen molar-refractivity contribution in [2.75, 3.05) is 16.2 Å². The van der Waals surface area contributed by atoms with Crippen LogP contribution >= 0.6 is 23.4 Å². The van der Waals surface area contributed by atoms with Gasteiger partial charge < -0.3 is 5.32 Å². The minimum absolute atomic E-state index is 0.127. The predicted octanol–water partition coefficient (Wildman–Crippen LogP) is 7.08. The van der Waals surface area contributed by atoms with Crippen LogP contribution in [0.4, 0.5) is 11.4 Å². The number of para-hydroxylation sites is 1. The lowest BCUT2D eigenvalue weighted by Crippen LogP contribution is -2.38. The fourth-order valence-electron chi connectivity index (χ4n) is 3.77. The summed E-state index contributed by atoms with van der Waals surface area (Å²) in [5.41, 5.74) is 3.87. The van der Waals surface area contributed by atoms with Crippen LogP contribution in [-0.2, 0) is 20.6 Å². The normalized spacial score (nSPS) is 11.2. The lowest BCUT2D eigenvalue weighted by atomic mass is 10.1. The van der Waals surface area contributed by atoms with E-state index >= 15 is 0 Å². The fraction of sp³-hybridized carbons (Fsp3) is 0.138. The third-order valence-corrected chi connectivity index (χ3v) is 8.89. The largest absolute Gasteiger partial charge is 0.323 e. The summed E-state index contributed by atoms with van der Waals surface area (Å²) >= 11 is 7.57. The topological polar surface area (TPSA) is 66.5 Å². The number of thioether (sulfide) groups is 1. The number of sulfonamides is 1. The second kappa shape index (κ2) is 11.9. The maximum Gasteiger partial charge on any atom is 0.264 e. The maximum atomic E-state index is 13.7. The molecule has 0 aliphatic heterocycles. The highest BCUT2D eigenvalue weighted by molar-refractivity contribution is 7.98. The Morgan fingerprint density at radius 1 is 0.892 bits per heavy atom. The molecule has 0 aromatic heterocycles. The molecule has 0 aliphatic rings. The number of nitrogens with one attached hydrogen (secondary N) is 1. The summed E-state index contributed by atoms with van der Waals surface area (Å²) in [5, 5.41) is 3.61. The van der Waals surface area contributed by atoms with Crippen LogP contribution in [0.25, 0.3) is 0 Å². The Bertz CT molecular complexity index is 1490.